The first kappa shape index (κ1) is 23.5. The van der Waals surface area contributed by atoms with Gasteiger partial charge in [-0.05, 0) is 44.0 Å². The summed E-state index contributed by atoms with van der Waals surface area (Å²) in [7, 11) is 0. The van der Waals surface area contributed by atoms with Crippen LogP contribution < -0.4 is 15.1 Å². The van der Waals surface area contributed by atoms with E-state index in [0.717, 1.165) is 25.9 Å². The molecule has 180 valence electrons. The lowest BCUT2D eigenvalue weighted by molar-refractivity contribution is -0.384. The molecule has 0 saturated carbocycles. The van der Waals surface area contributed by atoms with E-state index in [-0.39, 0.29) is 17.9 Å². The Morgan fingerprint density at radius 1 is 1.00 bits per heavy atom. The van der Waals surface area contributed by atoms with Crippen molar-refractivity contribution in [3.63, 3.8) is 0 Å². The highest BCUT2D eigenvalue weighted by Crippen LogP contribution is 2.30. The number of non-ortho nitro benzene ring substituents is 1. The summed E-state index contributed by atoms with van der Waals surface area (Å²) in [6.07, 6.45) is 2.01. The average Bonchev–Trinajstić information content (AvgIpc) is 3.39. The number of carbonyl (C=O) groups is 2. The number of esters is 1. The number of rotatable bonds is 7. The number of nitro benzene ring substituents is 1. The Hall–Kier alpha value is -3.66. The Labute approximate surface area is 197 Å². The van der Waals surface area contributed by atoms with Crippen LogP contribution in [0.3, 0.4) is 0 Å². The maximum Gasteiger partial charge on any atom is 0.340 e. The molecule has 10 nitrogen and oxygen atoms in total. The van der Waals surface area contributed by atoms with Gasteiger partial charge in [-0.25, -0.2) is 4.79 Å². The van der Waals surface area contributed by atoms with E-state index < -0.39 is 16.8 Å². The minimum absolute atomic E-state index is 0.150. The van der Waals surface area contributed by atoms with Crippen LogP contribution in [-0.2, 0) is 9.47 Å². The minimum atomic E-state index is -0.513. The molecule has 0 bridgehead atoms. The SMILES string of the molecule is CCOC(=O)c1cc(NC(=O)c2cc([N+](=O)[O-])ccc2N2CCCC2)ccc1N1CCOCC1. The Morgan fingerprint density at radius 3 is 2.32 bits per heavy atom. The molecular formula is C24H28N4O6. The predicted molar refractivity (Wildman–Crippen MR) is 128 cm³/mol. The zero-order chi connectivity index (χ0) is 24.1. The molecule has 0 unspecified atom stereocenters. The highest BCUT2D eigenvalue weighted by atomic mass is 16.6. The van der Waals surface area contributed by atoms with Crippen molar-refractivity contribution in [1.82, 2.24) is 0 Å². The monoisotopic (exact) mass is 468 g/mol. The quantitative estimate of drug-likeness (QED) is 0.373. The van der Waals surface area contributed by atoms with E-state index in [1.54, 1.807) is 31.2 Å². The number of carbonyl (C=O) groups excluding carboxylic acids is 2. The molecule has 1 amide bonds. The van der Waals surface area contributed by atoms with Gasteiger partial charge in [-0.2, -0.15) is 0 Å². The van der Waals surface area contributed by atoms with Gasteiger partial charge in [0.25, 0.3) is 11.6 Å². The lowest BCUT2D eigenvalue weighted by atomic mass is 10.1. The highest BCUT2D eigenvalue weighted by Gasteiger charge is 2.24. The molecule has 0 atom stereocenters. The standard InChI is InChI=1S/C24H28N4O6/c1-2-34-24(30)20-15-17(5-7-22(20)27-11-13-33-14-12-27)25-23(29)19-16-18(28(31)32)6-8-21(19)26-9-3-4-10-26/h5-8,15-16H,2-4,9-14H2,1H3,(H,25,29). The van der Waals surface area contributed by atoms with Crippen molar-refractivity contribution in [3.8, 4) is 0 Å². The third-order valence-electron chi connectivity index (χ3n) is 5.98. The maximum atomic E-state index is 13.3. The molecule has 0 aromatic heterocycles. The highest BCUT2D eigenvalue weighted by molar-refractivity contribution is 6.09. The number of hydrogen-bond acceptors (Lipinski definition) is 8. The van der Waals surface area contributed by atoms with Crippen LogP contribution in [0, 0.1) is 10.1 Å². The molecule has 2 aromatic carbocycles. The van der Waals surface area contributed by atoms with Crippen molar-refractivity contribution < 1.29 is 24.0 Å². The van der Waals surface area contributed by atoms with Crippen LogP contribution in [0.4, 0.5) is 22.7 Å². The van der Waals surface area contributed by atoms with Crippen LogP contribution in [-0.4, -0.2) is 62.8 Å². The molecule has 0 radical (unpaired) electrons. The molecule has 34 heavy (non-hydrogen) atoms. The molecule has 10 heteroatoms. The first-order valence-corrected chi connectivity index (χ1v) is 11.5. The van der Waals surface area contributed by atoms with Crippen LogP contribution in [0.5, 0.6) is 0 Å². The smallest absolute Gasteiger partial charge is 0.340 e. The van der Waals surface area contributed by atoms with Gasteiger partial charge in [-0.3, -0.25) is 14.9 Å². The second-order valence-corrected chi connectivity index (χ2v) is 8.16. The van der Waals surface area contributed by atoms with E-state index in [1.165, 1.54) is 12.1 Å². The van der Waals surface area contributed by atoms with Crippen molar-refractivity contribution in [3.05, 3.63) is 57.6 Å². The molecule has 0 spiro atoms. The molecule has 2 fully saturated rings. The molecule has 1 N–H and O–H groups in total. The van der Waals surface area contributed by atoms with Crippen LogP contribution in [0.25, 0.3) is 0 Å². The second-order valence-electron chi connectivity index (χ2n) is 8.16. The first-order valence-electron chi connectivity index (χ1n) is 11.5. The van der Waals surface area contributed by atoms with Crippen molar-refractivity contribution in [2.24, 2.45) is 0 Å². The predicted octanol–water partition coefficient (Wildman–Crippen LogP) is 3.46. The van der Waals surface area contributed by atoms with Gasteiger partial charge in [0.1, 0.15) is 0 Å². The van der Waals surface area contributed by atoms with Gasteiger partial charge in [0, 0.05) is 44.0 Å². The summed E-state index contributed by atoms with van der Waals surface area (Å²) in [5.74, 6) is -0.951. The second kappa shape index (κ2) is 10.5. The van der Waals surface area contributed by atoms with Gasteiger partial charge in [-0.15, -0.1) is 0 Å². The minimum Gasteiger partial charge on any atom is -0.462 e. The topological polar surface area (TPSA) is 114 Å². The number of nitro groups is 1. The van der Waals surface area contributed by atoms with Crippen molar-refractivity contribution in [2.75, 3.05) is 61.1 Å². The van der Waals surface area contributed by atoms with E-state index in [1.807, 2.05) is 4.90 Å². The number of anilines is 3. The third-order valence-corrected chi connectivity index (χ3v) is 5.98. The lowest BCUT2D eigenvalue weighted by Gasteiger charge is -2.30. The number of hydrogen-bond donors (Lipinski definition) is 1. The molecular weight excluding hydrogens is 440 g/mol. The first-order chi connectivity index (χ1) is 16.5. The van der Waals surface area contributed by atoms with Crippen LogP contribution in [0.15, 0.2) is 36.4 Å². The van der Waals surface area contributed by atoms with Crippen LogP contribution in [0.2, 0.25) is 0 Å². The largest absolute Gasteiger partial charge is 0.462 e. The van der Waals surface area contributed by atoms with Gasteiger partial charge >= 0.3 is 5.97 Å². The molecule has 2 aromatic rings. The Bertz CT molecular complexity index is 1080. The van der Waals surface area contributed by atoms with Gasteiger partial charge in [0.2, 0.25) is 0 Å². The fraction of sp³-hybridized carbons (Fsp3) is 0.417. The van der Waals surface area contributed by atoms with Gasteiger partial charge in [0.05, 0.1) is 47.2 Å². The van der Waals surface area contributed by atoms with Crippen molar-refractivity contribution in [1.29, 1.82) is 0 Å². The van der Waals surface area contributed by atoms with E-state index in [2.05, 4.69) is 10.2 Å². The zero-order valence-corrected chi connectivity index (χ0v) is 19.1. The number of ether oxygens (including phenoxy) is 2. The van der Waals surface area contributed by atoms with Gasteiger partial charge < -0.3 is 24.6 Å². The summed E-state index contributed by atoms with van der Waals surface area (Å²) < 4.78 is 10.6. The van der Waals surface area contributed by atoms with Crippen molar-refractivity contribution in [2.45, 2.75) is 19.8 Å². The third kappa shape index (κ3) is 5.12. The van der Waals surface area contributed by atoms with Crippen molar-refractivity contribution >= 4 is 34.6 Å². The van der Waals surface area contributed by atoms with Gasteiger partial charge in [-0.1, -0.05) is 0 Å². The summed E-state index contributed by atoms with van der Waals surface area (Å²) in [5, 5.41) is 14.1. The summed E-state index contributed by atoms with van der Waals surface area (Å²) in [6.45, 7) is 5.96. The summed E-state index contributed by atoms with van der Waals surface area (Å²) in [5.41, 5.74) is 2.21. The van der Waals surface area contributed by atoms with Gasteiger partial charge in [0.15, 0.2) is 0 Å². The summed E-state index contributed by atoms with van der Waals surface area (Å²) >= 11 is 0. The zero-order valence-electron chi connectivity index (χ0n) is 19.1. The fourth-order valence-electron chi connectivity index (χ4n) is 4.32. The van der Waals surface area contributed by atoms with E-state index >= 15 is 0 Å². The fourth-order valence-corrected chi connectivity index (χ4v) is 4.32. The lowest BCUT2D eigenvalue weighted by Crippen LogP contribution is -2.37. The van der Waals surface area contributed by atoms with E-state index in [0.29, 0.717) is 48.9 Å². The normalized spacial score (nSPS) is 15.8. The van der Waals surface area contributed by atoms with E-state index in [9.17, 15) is 19.7 Å². The van der Waals surface area contributed by atoms with Crippen LogP contribution >= 0.6 is 0 Å². The summed E-state index contributed by atoms with van der Waals surface area (Å²) in [4.78, 5) is 40.9. The number of amides is 1. The summed E-state index contributed by atoms with van der Waals surface area (Å²) in [6, 6.07) is 9.44. The Kier molecular flexibility index (Phi) is 7.27. The van der Waals surface area contributed by atoms with E-state index in [4.69, 9.17) is 9.47 Å². The molecule has 2 aliphatic rings. The number of nitrogens with one attached hydrogen (secondary N) is 1. The number of benzene rings is 2. The number of morpholine rings is 1. The Balaban J connectivity index is 1.65. The molecule has 4 rings (SSSR count). The average molecular weight is 469 g/mol. The molecule has 2 saturated heterocycles. The maximum absolute atomic E-state index is 13.3. The number of nitrogens with zero attached hydrogens (tertiary/aromatic N) is 3. The molecule has 0 aliphatic carbocycles. The van der Waals surface area contributed by atoms with Crippen LogP contribution in [0.1, 0.15) is 40.5 Å². The Morgan fingerprint density at radius 2 is 1.65 bits per heavy atom. The molecule has 2 aliphatic heterocycles. The molecule has 2 heterocycles.